The molecule has 6 aliphatic rings. The molecule has 0 bridgehead atoms. The number of ether oxygens (including phenoxy) is 8. The molecule has 0 unspecified atom stereocenters. The molecule has 306 valence electrons. The summed E-state index contributed by atoms with van der Waals surface area (Å²) in [4.78, 5) is 5.27. The molecule has 6 heterocycles. The Hall–Kier alpha value is -6.30. The molecule has 0 aromatic heterocycles. The van der Waals surface area contributed by atoms with Crippen LogP contribution in [0.3, 0.4) is 0 Å². The van der Waals surface area contributed by atoms with Crippen LogP contribution >= 0.6 is 0 Å². The van der Waals surface area contributed by atoms with Crippen LogP contribution in [0.1, 0.15) is 84.0 Å². The highest BCUT2D eigenvalue weighted by Crippen LogP contribution is 2.51. The lowest BCUT2D eigenvalue weighted by Gasteiger charge is -2.40. The van der Waals surface area contributed by atoms with E-state index in [1.54, 1.807) is 21.3 Å². The number of benzene rings is 4. The maximum Gasteiger partial charge on any atom is 0.145 e. The third-order valence-corrected chi connectivity index (χ3v) is 11.6. The van der Waals surface area contributed by atoms with Crippen molar-refractivity contribution in [3.63, 3.8) is 0 Å². The molecule has 10 rings (SSSR count). The van der Waals surface area contributed by atoms with Gasteiger partial charge < -0.3 is 47.9 Å². The first-order valence-electron chi connectivity index (χ1n) is 19.7. The van der Waals surface area contributed by atoms with Crippen LogP contribution in [-0.4, -0.2) is 74.6 Å². The fourth-order valence-electron chi connectivity index (χ4n) is 8.79. The van der Waals surface area contributed by atoms with Crippen LogP contribution in [0.25, 0.3) is 12.2 Å². The summed E-state index contributed by atoms with van der Waals surface area (Å²) in [7, 11) is 4.88. The van der Waals surface area contributed by atoms with Gasteiger partial charge in [-0.2, -0.15) is 0 Å². The Morgan fingerprint density at radius 1 is 0.627 bits per heavy atom. The number of hydrogen-bond acceptors (Lipinski definition) is 12. The molecule has 0 radical (unpaired) electrons. The first-order valence-corrected chi connectivity index (χ1v) is 19.7. The number of methoxy groups -OCH3 is 2. The molecular weight excluding hydrogens is 753 g/mol. The van der Waals surface area contributed by atoms with Gasteiger partial charge >= 0.3 is 0 Å². The Morgan fingerprint density at radius 2 is 1.08 bits per heavy atom. The van der Waals surface area contributed by atoms with E-state index in [9.17, 15) is 5.21 Å². The van der Waals surface area contributed by atoms with Gasteiger partial charge in [-0.05, 0) is 126 Å². The minimum Gasteiger partial charge on any atom is -0.496 e. The van der Waals surface area contributed by atoms with Gasteiger partial charge in [-0.25, -0.2) is 0 Å². The molecule has 0 saturated heterocycles. The fraction of sp³-hybridized carbons (Fsp3) is 0.362. The second-order valence-electron chi connectivity index (χ2n) is 16.5. The van der Waals surface area contributed by atoms with Crippen molar-refractivity contribution in [2.24, 2.45) is 10.3 Å². The van der Waals surface area contributed by atoms with E-state index in [2.05, 4.69) is 16.4 Å². The van der Waals surface area contributed by atoms with Crippen LogP contribution < -0.4 is 37.9 Å². The van der Waals surface area contributed by atoms with E-state index >= 15 is 0 Å². The standard InChI is InChI=1S/C24H25NO5.C23H23NO5/c1-13-10-19-16(11-18(13)26-4)21-20(12-28-19)29-23-14-8-9-24(2,3)30-17(14)7-6-15(23)22(21)25-27-5;1-12-9-18-15(10-17(12)26-4)20-19(11-27-18)28-22-13-7-8-23(2,3)29-16(13)6-5-14(22)21(20)24-25/h6-11,20-21H,12H2,1-5H3;5-10,19-20,25H,11H2,1-4H3/b25-22+;24-21+/t20-,21+;19-,20+/m11/s1. The molecule has 12 heteroatoms. The molecule has 4 aromatic rings. The van der Waals surface area contributed by atoms with Crippen LogP contribution in [0, 0.1) is 13.8 Å². The Kier molecular flexibility index (Phi) is 9.21. The molecule has 0 aliphatic carbocycles. The van der Waals surface area contributed by atoms with E-state index < -0.39 is 0 Å². The average molecular weight is 801 g/mol. The maximum absolute atomic E-state index is 9.98. The largest absolute Gasteiger partial charge is 0.496 e. The van der Waals surface area contributed by atoms with Gasteiger partial charge in [0.25, 0.3) is 0 Å². The van der Waals surface area contributed by atoms with E-state index in [0.717, 1.165) is 90.5 Å². The van der Waals surface area contributed by atoms with E-state index in [-0.39, 0.29) is 35.2 Å². The topological polar surface area (TPSA) is 128 Å². The van der Waals surface area contributed by atoms with Crippen molar-refractivity contribution in [1.82, 2.24) is 0 Å². The normalized spacial score (nSPS) is 23.9. The third-order valence-electron chi connectivity index (χ3n) is 11.6. The van der Waals surface area contributed by atoms with Crippen molar-refractivity contribution in [1.29, 1.82) is 0 Å². The molecule has 0 saturated carbocycles. The van der Waals surface area contributed by atoms with Crippen molar-refractivity contribution in [3.8, 4) is 46.0 Å². The lowest BCUT2D eigenvalue weighted by Crippen LogP contribution is -2.43. The van der Waals surface area contributed by atoms with Gasteiger partial charge in [-0.15, -0.1) is 0 Å². The summed E-state index contributed by atoms with van der Waals surface area (Å²) in [6.45, 7) is 12.8. The predicted octanol–water partition coefficient (Wildman–Crippen LogP) is 8.78. The summed E-state index contributed by atoms with van der Waals surface area (Å²) in [5.74, 6) is 5.75. The Labute approximate surface area is 343 Å². The van der Waals surface area contributed by atoms with E-state index in [1.807, 2.05) is 108 Å². The van der Waals surface area contributed by atoms with E-state index in [0.29, 0.717) is 24.7 Å². The van der Waals surface area contributed by atoms with Gasteiger partial charge in [-0.1, -0.05) is 10.3 Å². The molecular formula is C47H48N2O10. The van der Waals surface area contributed by atoms with Crippen LogP contribution in [0.4, 0.5) is 0 Å². The van der Waals surface area contributed by atoms with Gasteiger partial charge in [0.1, 0.15) is 101 Å². The van der Waals surface area contributed by atoms with Crippen LogP contribution in [0.15, 0.2) is 71.0 Å². The van der Waals surface area contributed by atoms with Crippen LogP contribution in [0.5, 0.6) is 46.0 Å². The SMILES string of the molecule is CO/N=C1\c2ccc3c(c2O[C@@H]2COc4cc(C)c(OC)cc4[C@H]12)C=CC(C)(C)O3.COc1cc2c(cc1C)OC[C@H]1Oc3c(ccc4c3C=CC(C)(C)O4)/C(=N\O)[C@@H]21. The summed E-state index contributed by atoms with van der Waals surface area (Å²) < 4.78 is 48.2. The molecule has 6 aliphatic heterocycles. The summed E-state index contributed by atoms with van der Waals surface area (Å²) in [6.07, 6.45) is 7.56. The highest BCUT2D eigenvalue weighted by atomic mass is 16.6. The third kappa shape index (κ3) is 6.45. The zero-order valence-corrected chi connectivity index (χ0v) is 34.7. The smallest absolute Gasteiger partial charge is 0.145 e. The fourth-order valence-corrected chi connectivity index (χ4v) is 8.79. The van der Waals surface area contributed by atoms with Crippen LogP contribution in [0.2, 0.25) is 0 Å². The summed E-state index contributed by atoms with van der Waals surface area (Å²) in [6, 6.07) is 15.7. The Morgan fingerprint density at radius 3 is 1.53 bits per heavy atom. The van der Waals surface area contributed by atoms with Gasteiger partial charge in [0.15, 0.2) is 0 Å². The first-order chi connectivity index (χ1) is 28.3. The number of aryl methyl sites for hydroxylation is 2. The Balaban J connectivity index is 0.000000152. The zero-order valence-electron chi connectivity index (χ0n) is 34.7. The molecule has 4 atom stereocenters. The monoisotopic (exact) mass is 800 g/mol. The maximum atomic E-state index is 9.98. The highest BCUT2D eigenvalue weighted by Gasteiger charge is 2.46. The average Bonchev–Trinajstić information content (AvgIpc) is 3.21. The van der Waals surface area contributed by atoms with Crippen LogP contribution in [-0.2, 0) is 4.84 Å². The number of oxime groups is 2. The molecule has 0 spiro atoms. The lowest BCUT2D eigenvalue weighted by molar-refractivity contribution is 0.0943. The molecule has 0 fully saturated rings. The van der Waals surface area contributed by atoms with Gasteiger partial charge in [0, 0.05) is 22.3 Å². The minimum atomic E-state index is -0.381. The highest BCUT2D eigenvalue weighted by molar-refractivity contribution is 6.10. The van der Waals surface area contributed by atoms with E-state index in [1.165, 1.54) is 0 Å². The number of fused-ring (bicyclic) bond motifs is 12. The van der Waals surface area contributed by atoms with Crippen molar-refractivity contribution in [2.45, 2.75) is 76.8 Å². The molecule has 59 heavy (non-hydrogen) atoms. The first kappa shape index (κ1) is 38.2. The van der Waals surface area contributed by atoms with Gasteiger partial charge in [-0.3, -0.25) is 0 Å². The van der Waals surface area contributed by atoms with Crippen molar-refractivity contribution < 1.29 is 47.9 Å². The quantitative estimate of drug-likeness (QED) is 0.159. The second kappa shape index (κ2) is 14.2. The predicted molar refractivity (Wildman–Crippen MR) is 223 cm³/mol. The molecule has 4 aromatic carbocycles. The second-order valence-corrected chi connectivity index (χ2v) is 16.5. The van der Waals surface area contributed by atoms with Crippen molar-refractivity contribution >= 4 is 23.6 Å². The minimum absolute atomic E-state index is 0.126. The van der Waals surface area contributed by atoms with Gasteiger partial charge in [0.05, 0.1) is 37.2 Å². The zero-order chi connectivity index (χ0) is 41.4. The molecule has 0 amide bonds. The summed E-state index contributed by atoms with van der Waals surface area (Å²) in [5, 5.41) is 18.1. The van der Waals surface area contributed by atoms with E-state index in [4.69, 9.17) is 42.7 Å². The Bertz CT molecular complexity index is 2500. The molecule has 12 nitrogen and oxygen atoms in total. The summed E-state index contributed by atoms with van der Waals surface area (Å²) in [5.41, 5.74) is 7.97. The number of rotatable bonds is 3. The van der Waals surface area contributed by atoms with Crippen molar-refractivity contribution in [3.05, 3.63) is 105 Å². The number of hydrogen-bond donors (Lipinski definition) is 1. The number of nitrogens with zero attached hydrogens (tertiary/aromatic N) is 2. The summed E-state index contributed by atoms with van der Waals surface area (Å²) >= 11 is 0. The lowest BCUT2D eigenvalue weighted by atomic mass is 9.80. The van der Waals surface area contributed by atoms with Crippen molar-refractivity contribution in [2.75, 3.05) is 34.5 Å². The molecule has 1 N–H and O–H groups in total. The van der Waals surface area contributed by atoms with Gasteiger partial charge in [0.2, 0.25) is 0 Å².